The molecule has 28 heavy (non-hydrogen) atoms. The summed E-state index contributed by atoms with van der Waals surface area (Å²) in [5.41, 5.74) is -0.269. The highest BCUT2D eigenvalue weighted by atomic mass is 19.4. The van der Waals surface area contributed by atoms with E-state index in [0.717, 1.165) is 0 Å². The molecule has 0 bridgehead atoms. The standard InChI is InChI=1S/C18H11F3N4O3/c19-18(20,21)8-25-13-6-9(14-11(17(27)28)2-1-5-22-14)3-4-10(13)15-12(16(25)26)7-23-24-15/h1-7H,8H2,(H,23,24)(H,27,28). The minimum absolute atomic E-state index is 0.00133. The molecule has 0 amide bonds. The summed E-state index contributed by atoms with van der Waals surface area (Å²) in [5, 5.41) is 16.1. The van der Waals surface area contributed by atoms with Crippen LogP contribution in [0.25, 0.3) is 33.1 Å². The third-order valence-electron chi connectivity index (χ3n) is 4.32. The Bertz CT molecular complexity index is 1290. The molecule has 0 radical (unpaired) electrons. The van der Waals surface area contributed by atoms with Gasteiger partial charge in [-0.3, -0.25) is 19.4 Å². The van der Waals surface area contributed by atoms with Crippen LogP contribution in [0.15, 0.2) is 47.5 Å². The van der Waals surface area contributed by atoms with Crippen molar-refractivity contribution in [3.8, 4) is 11.3 Å². The van der Waals surface area contributed by atoms with Crippen LogP contribution in [0.5, 0.6) is 0 Å². The normalized spacial score (nSPS) is 12.0. The second-order valence-electron chi connectivity index (χ2n) is 6.10. The molecule has 0 aliphatic heterocycles. The van der Waals surface area contributed by atoms with Gasteiger partial charge in [-0.1, -0.05) is 12.1 Å². The lowest BCUT2D eigenvalue weighted by Gasteiger charge is -2.14. The minimum Gasteiger partial charge on any atom is -0.478 e. The van der Waals surface area contributed by atoms with E-state index in [1.54, 1.807) is 6.07 Å². The van der Waals surface area contributed by atoms with Gasteiger partial charge in [0, 0.05) is 17.1 Å². The molecule has 0 saturated carbocycles. The van der Waals surface area contributed by atoms with Gasteiger partial charge in [0.05, 0.1) is 33.9 Å². The Hall–Kier alpha value is -3.69. The van der Waals surface area contributed by atoms with Crippen LogP contribution in [-0.4, -0.2) is 37.0 Å². The number of halogens is 3. The highest BCUT2D eigenvalue weighted by Gasteiger charge is 2.30. The summed E-state index contributed by atoms with van der Waals surface area (Å²) >= 11 is 0. The maximum atomic E-state index is 13.1. The van der Waals surface area contributed by atoms with Gasteiger partial charge in [0.15, 0.2) is 0 Å². The van der Waals surface area contributed by atoms with E-state index in [2.05, 4.69) is 15.2 Å². The van der Waals surface area contributed by atoms with Gasteiger partial charge in [0.1, 0.15) is 6.54 Å². The van der Waals surface area contributed by atoms with Crippen molar-refractivity contribution >= 4 is 27.8 Å². The SMILES string of the molecule is O=C(O)c1cccnc1-c1ccc2c3[nH]ncc3c(=O)n(CC(F)(F)F)c2c1. The zero-order chi connectivity index (χ0) is 20.1. The van der Waals surface area contributed by atoms with E-state index >= 15 is 0 Å². The summed E-state index contributed by atoms with van der Waals surface area (Å²) in [4.78, 5) is 28.1. The third kappa shape index (κ3) is 2.88. The zero-order valence-electron chi connectivity index (χ0n) is 14.0. The largest absolute Gasteiger partial charge is 0.478 e. The van der Waals surface area contributed by atoms with Gasteiger partial charge >= 0.3 is 12.1 Å². The monoisotopic (exact) mass is 388 g/mol. The summed E-state index contributed by atoms with van der Waals surface area (Å²) in [6, 6.07) is 7.17. The molecule has 0 fully saturated rings. The number of fused-ring (bicyclic) bond motifs is 3. The third-order valence-corrected chi connectivity index (χ3v) is 4.32. The van der Waals surface area contributed by atoms with Crippen LogP contribution in [0, 0.1) is 0 Å². The number of nitrogens with one attached hydrogen (secondary N) is 1. The maximum Gasteiger partial charge on any atom is 0.406 e. The van der Waals surface area contributed by atoms with Crippen molar-refractivity contribution < 1.29 is 23.1 Å². The van der Waals surface area contributed by atoms with E-state index in [4.69, 9.17) is 0 Å². The smallest absolute Gasteiger partial charge is 0.406 e. The molecule has 10 heteroatoms. The van der Waals surface area contributed by atoms with Gasteiger partial charge in [0.25, 0.3) is 5.56 Å². The molecule has 0 saturated heterocycles. The Kier molecular flexibility index (Phi) is 3.91. The molecule has 3 heterocycles. The molecule has 142 valence electrons. The van der Waals surface area contributed by atoms with Crippen molar-refractivity contribution in [3.05, 3.63) is 58.6 Å². The molecule has 4 aromatic rings. The van der Waals surface area contributed by atoms with Crippen molar-refractivity contribution in [2.75, 3.05) is 0 Å². The first-order chi connectivity index (χ1) is 13.3. The molecule has 7 nitrogen and oxygen atoms in total. The topological polar surface area (TPSA) is 101 Å². The number of aromatic nitrogens is 4. The lowest BCUT2D eigenvalue weighted by atomic mass is 10.0. The molecule has 2 N–H and O–H groups in total. The van der Waals surface area contributed by atoms with E-state index in [9.17, 15) is 27.9 Å². The van der Waals surface area contributed by atoms with Crippen molar-refractivity contribution in [1.82, 2.24) is 19.7 Å². The molecule has 0 aliphatic rings. The number of aromatic amines is 1. The molecule has 0 aliphatic carbocycles. The van der Waals surface area contributed by atoms with Crippen LogP contribution in [0.3, 0.4) is 0 Å². The van der Waals surface area contributed by atoms with Gasteiger partial charge in [-0.05, 0) is 18.2 Å². The van der Waals surface area contributed by atoms with Crippen molar-refractivity contribution in [1.29, 1.82) is 0 Å². The molecule has 1 aromatic carbocycles. The Morgan fingerprint density at radius 1 is 1.21 bits per heavy atom. The predicted molar refractivity (Wildman–Crippen MR) is 94.1 cm³/mol. The highest BCUT2D eigenvalue weighted by molar-refractivity contribution is 6.04. The van der Waals surface area contributed by atoms with Crippen LogP contribution in [0.4, 0.5) is 13.2 Å². The number of pyridine rings is 2. The quantitative estimate of drug-likeness (QED) is 0.561. The number of carbonyl (C=O) groups is 1. The number of benzene rings is 1. The number of alkyl halides is 3. The number of hydrogen-bond acceptors (Lipinski definition) is 4. The predicted octanol–water partition coefficient (Wildman–Crippen LogP) is 3.20. The Morgan fingerprint density at radius 3 is 2.71 bits per heavy atom. The highest BCUT2D eigenvalue weighted by Crippen LogP contribution is 2.29. The van der Waals surface area contributed by atoms with Crippen LogP contribution >= 0.6 is 0 Å². The minimum atomic E-state index is -4.62. The first-order valence-electron chi connectivity index (χ1n) is 8.01. The average Bonchev–Trinajstić information content (AvgIpc) is 3.14. The lowest BCUT2D eigenvalue weighted by Crippen LogP contribution is -2.28. The van der Waals surface area contributed by atoms with Gasteiger partial charge in [-0.25, -0.2) is 4.79 Å². The summed E-state index contributed by atoms with van der Waals surface area (Å²) in [6.45, 7) is -1.49. The number of aromatic carboxylic acids is 1. The van der Waals surface area contributed by atoms with Crippen molar-refractivity contribution in [2.24, 2.45) is 0 Å². The van der Waals surface area contributed by atoms with E-state index in [0.29, 0.717) is 15.5 Å². The van der Waals surface area contributed by atoms with Crippen LogP contribution < -0.4 is 5.56 Å². The van der Waals surface area contributed by atoms with E-state index in [1.807, 2.05) is 0 Å². The zero-order valence-corrected chi connectivity index (χ0v) is 14.0. The summed E-state index contributed by atoms with van der Waals surface area (Å²) in [5.74, 6) is -1.22. The van der Waals surface area contributed by atoms with Crippen LogP contribution in [0.2, 0.25) is 0 Å². The number of hydrogen-bond donors (Lipinski definition) is 2. The van der Waals surface area contributed by atoms with Gasteiger partial charge < -0.3 is 5.11 Å². The fourth-order valence-electron chi connectivity index (χ4n) is 3.17. The number of carboxylic acids is 1. The average molecular weight is 388 g/mol. The Morgan fingerprint density at radius 2 is 2.00 bits per heavy atom. The second-order valence-corrected chi connectivity index (χ2v) is 6.10. The van der Waals surface area contributed by atoms with Gasteiger partial charge in [-0.15, -0.1) is 0 Å². The van der Waals surface area contributed by atoms with Crippen LogP contribution in [-0.2, 0) is 6.54 Å². The van der Waals surface area contributed by atoms with E-state index in [-0.39, 0.29) is 27.7 Å². The lowest BCUT2D eigenvalue weighted by molar-refractivity contribution is -0.140. The van der Waals surface area contributed by atoms with E-state index in [1.165, 1.54) is 36.7 Å². The number of H-pyrrole nitrogens is 1. The summed E-state index contributed by atoms with van der Waals surface area (Å²) < 4.78 is 39.9. The Balaban J connectivity index is 2.07. The van der Waals surface area contributed by atoms with Crippen molar-refractivity contribution in [3.63, 3.8) is 0 Å². The van der Waals surface area contributed by atoms with Gasteiger partial charge in [-0.2, -0.15) is 18.3 Å². The Labute approximate surface area is 154 Å². The van der Waals surface area contributed by atoms with Crippen LogP contribution in [0.1, 0.15) is 10.4 Å². The fourth-order valence-corrected chi connectivity index (χ4v) is 3.17. The van der Waals surface area contributed by atoms with E-state index < -0.39 is 24.2 Å². The van der Waals surface area contributed by atoms with Gasteiger partial charge in [0.2, 0.25) is 0 Å². The number of nitrogens with zero attached hydrogens (tertiary/aromatic N) is 3. The summed E-state index contributed by atoms with van der Waals surface area (Å²) in [7, 11) is 0. The molecular weight excluding hydrogens is 377 g/mol. The summed E-state index contributed by atoms with van der Waals surface area (Å²) in [6.07, 6.45) is -2.06. The van der Waals surface area contributed by atoms with Crippen molar-refractivity contribution in [2.45, 2.75) is 12.7 Å². The maximum absolute atomic E-state index is 13.1. The first kappa shape index (κ1) is 17.7. The molecule has 3 aromatic heterocycles. The first-order valence-corrected chi connectivity index (χ1v) is 8.01. The molecule has 0 atom stereocenters. The fraction of sp³-hybridized carbons (Fsp3) is 0.111. The molecule has 0 spiro atoms. The number of rotatable bonds is 3. The number of carboxylic acid groups (broad SMARTS) is 1. The molecule has 4 rings (SSSR count). The molecular formula is C18H11F3N4O3. The second kappa shape index (κ2) is 6.19. The molecule has 0 unspecified atom stereocenters.